The zero-order valence-corrected chi connectivity index (χ0v) is 9.41. The zero-order chi connectivity index (χ0) is 11.8. The summed E-state index contributed by atoms with van der Waals surface area (Å²) in [5.74, 6) is -0.376. The number of nitrogens with two attached hydrogens (primary N) is 2. The van der Waals surface area contributed by atoms with Crippen LogP contribution < -0.4 is 16.8 Å². The number of hydrogen-bond acceptors (Lipinski definition) is 3. The predicted molar refractivity (Wildman–Crippen MR) is 65.0 cm³/mol. The van der Waals surface area contributed by atoms with Crippen LogP contribution in [-0.2, 0) is 6.54 Å². The summed E-state index contributed by atoms with van der Waals surface area (Å²) >= 11 is 0. The molecule has 0 aliphatic heterocycles. The third kappa shape index (κ3) is 4.00. The van der Waals surface area contributed by atoms with Gasteiger partial charge in [0, 0.05) is 12.1 Å². The Hall–Kier alpha value is -1.39. The van der Waals surface area contributed by atoms with E-state index in [1.807, 2.05) is 18.2 Å². The molecule has 5 N–H and O–H groups in total. The fourth-order valence-electron chi connectivity index (χ4n) is 1.53. The summed E-state index contributed by atoms with van der Waals surface area (Å²) in [6.45, 7) is 2.30. The van der Waals surface area contributed by atoms with Crippen LogP contribution in [0.3, 0.4) is 0 Å². The Morgan fingerprint density at radius 1 is 1.25 bits per heavy atom. The molecule has 0 radical (unpaired) electrons. The molecule has 0 heterocycles. The van der Waals surface area contributed by atoms with Gasteiger partial charge in [0.25, 0.3) is 0 Å². The van der Waals surface area contributed by atoms with Crippen LogP contribution in [0.1, 0.15) is 28.8 Å². The number of hydrogen-bond donors (Lipinski definition) is 3. The first-order valence-corrected chi connectivity index (χ1v) is 5.54. The Labute approximate surface area is 96.0 Å². The minimum atomic E-state index is -0.376. The van der Waals surface area contributed by atoms with Crippen molar-refractivity contribution >= 4 is 5.91 Å². The first-order chi connectivity index (χ1) is 7.75. The highest BCUT2D eigenvalue weighted by Gasteiger charge is 2.05. The molecule has 0 spiro atoms. The van der Waals surface area contributed by atoms with Crippen molar-refractivity contribution in [2.24, 2.45) is 11.5 Å². The Balaban J connectivity index is 2.44. The van der Waals surface area contributed by atoms with Gasteiger partial charge in [0.15, 0.2) is 0 Å². The SMILES string of the molecule is NCCCCNCc1ccccc1C(N)=O. The number of primary amides is 1. The maximum absolute atomic E-state index is 11.1. The molecule has 16 heavy (non-hydrogen) atoms. The summed E-state index contributed by atoms with van der Waals surface area (Å²) in [5.41, 5.74) is 12.2. The molecule has 0 unspecified atom stereocenters. The van der Waals surface area contributed by atoms with Crippen LogP contribution in [-0.4, -0.2) is 19.0 Å². The van der Waals surface area contributed by atoms with Gasteiger partial charge in [0.05, 0.1) is 0 Å². The smallest absolute Gasteiger partial charge is 0.249 e. The Kier molecular flexibility index (Phi) is 5.53. The van der Waals surface area contributed by atoms with Crippen LogP contribution in [0.2, 0.25) is 0 Å². The van der Waals surface area contributed by atoms with Gasteiger partial charge in [-0.05, 0) is 37.6 Å². The van der Waals surface area contributed by atoms with E-state index in [1.54, 1.807) is 6.07 Å². The molecule has 1 amide bonds. The third-order valence-corrected chi connectivity index (χ3v) is 2.41. The van der Waals surface area contributed by atoms with Crippen molar-refractivity contribution in [2.45, 2.75) is 19.4 Å². The summed E-state index contributed by atoms with van der Waals surface area (Å²) in [7, 11) is 0. The van der Waals surface area contributed by atoms with Gasteiger partial charge in [0.1, 0.15) is 0 Å². The van der Waals surface area contributed by atoms with Crippen LogP contribution >= 0.6 is 0 Å². The van der Waals surface area contributed by atoms with E-state index in [1.165, 1.54) is 0 Å². The molecule has 0 aromatic heterocycles. The van der Waals surface area contributed by atoms with Gasteiger partial charge in [-0.2, -0.15) is 0 Å². The average Bonchev–Trinajstić information content (AvgIpc) is 2.29. The molecule has 1 aromatic carbocycles. The van der Waals surface area contributed by atoms with E-state index in [4.69, 9.17) is 11.5 Å². The molecule has 0 bridgehead atoms. The number of carbonyl (C=O) groups is 1. The Bertz CT molecular complexity index is 339. The monoisotopic (exact) mass is 221 g/mol. The highest BCUT2D eigenvalue weighted by molar-refractivity contribution is 5.94. The lowest BCUT2D eigenvalue weighted by atomic mass is 10.1. The largest absolute Gasteiger partial charge is 0.366 e. The fraction of sp³-hybridized carbons (Fsp3) is 0.417. The lowest BCUT2D eigenvalue weighted by Gasteiger charge is -2.07. The summed E-state index contributed by atoms with van der Waals surface area (Å²) in [6, 6.07) is 7.39. The summed E-state index contributed by atoms with van der Waals surface area (Å²) in [5, 5.41) is 3.27. The maximum Gasteiger partial charge on any atom is 0.249 e. The molecule has 0 fully saturated rings. The van der Waals surface area contributed by atoms with Gasteiger partial charge in [-0.1, -0.05) is 18.2 Å². The quantitative estimate of drug-likeness (QED) is 0.590. The second-order valence-electron chi connectivity index (χ2n) is 3.69. The van der Waals surface area contributed by atoms with E-state index < -0.39 is 0 Å². The molecule has 0 saturated carbocycles. The molecule has 1 rings (SSSR count). The Morgan fingerprint density at radius 3 is 2.69 bits per heavy atom. The molecule has 4 nitrogen and oxygen atoms in total. The number of rotatable bonds is 7. The molecule has 1 aromatic rings. The van der Waals surface area contributed by atoms with Crippen LogP contribution in [0, 0.1) is 0 Å². The van der Waals surface area contributed by atoms with Gasteiger partial charge < -0.3 is 16.8 Å². The topological polar surface area (TPSA) is 81.1 Å². The first-order valence-electron chi connectivity index (χ1n) is 5.54. The van der Waals surface area contributed by atoms with Gasteiger partial charge in [-0.15, -0.1) is 0 Å². The molecule has 0 saturated heterocycles. The molecule has 88 valence electrons. The normalized spacial score (nSPS) is 10.3. The van der Waals surface area contributed by atoms with Gasteiger partial charge in [0.2, 0.25) is 5.91 Å². The van der Waals surface area contributed by atoms with Crippen LogP contribution in [0.25, 0.3) is 0 Å². The van der Waals surface area contributed by atoms with Crippen LogP contribution in [0.4, 0.5) is 0 Å². The minimum Gasteiger partial charge on any atom is -0.366 e. The van der Waals surface area contributed by atoms with Gasteiger partial charge >= 0.3 is 0 Å². The molecule has 0 aliphatic rings. The second kappa shape index (κ2) is 6.98. The van der Waals surface area contributed by atoms with Crippen molar-refractivity contribution in [1.82, 2.24) is 5.32 Å². The number of unbranched alkanes of at least 4 members (excludes halogenated alkanes) is 1. The van der Waals surface area contributed by atoms with E-state index in [2.05, 4.69) is 5.32 Å². The van der Waals surface area contributed by atoms with E-state index in [-0.39, 0.29) is 5.91 Å². The Morgan fingerprint density at radius 2 is 2.00 bits per heavy atom. The number of amides is 1. The van der Waals surface area contributed by atoms with Crippen LogP contribution in [0.15, 0.2) is 24.3 Å². The summed E-state index contributed by atoms with van der Waals surface area (Å²) in [6.07, 6.45) is 2.07. The van der Waals surface area contributed by atoms with Gasteiger partial charge in [-0.25, -0.2) is 0 Å². The number of carbonyl (C=O) groups excluding carboxylic acids is 1. The van der Waals surface area contributed by atoms with Crippen LogP contribution in [0.5, 0.6) is 0 Å². The molecular weight excluding hydrogens is 202 g/mol. The van der Waals surface area contributed by atoms with E-state index in [0.717, 1.165) is 31.5 Å². The first kappa shape index (κ1) is 12.7. The lowest BCUT2D eigenvalue weighted by Crippen LogP contribution is -2.20. The van der Waals surface area contributed by atoms with Crippen molar-refractivity contribution in [3.8, 4) is 0 Å². The van der Waals surface area contributed by atoms with E-state index >= 15 is 0 Å². The molecule has 0 atom stereocenters. The fourth-order valence-corrected chi connectivity index (χ4v) is 1.53. The highest BCUT2D eigenvalue weighted by atomic mass is 16.1. The van der Waals surface area contributed by atoms with Gasteiger partial charge in [-0.3, -0.25) is 4.79 Å². The van der Waals surface area contributed by atoms with E-state index in [9.17, 15) is 4.79 Å². The molecule has 0 aliphatic carbocycles. The molecule has 4 heteroatoms. The van der Waals surface area contributed by atoms with Crippen molar-refractivity contribution in [2.75, 3.05) is 13.1 Å². The predicted octanol–water partition coefficient (Wildman–Crippen LogP) is 0.614. The number of nitrogens with one attached hydrogen (secondary N) is 1. The van der Waals surface area contributed by atoms with E-state index in [0.29, 0.717) is 12.1 Å². The second-order valence-corrected chi connectivity index (χ2v) is 3.69. The number of benzene rings is 1. The third-order valence-electron chi connectivity index (χ3n) is 2.41. The van der Waals surface area contributed by atoms with Crippen molar-refractivity contribution < 1.29 is 4.79 Å². The zero-order valence-electron chi connectivity index (χ0n) is 9.41. The van der Waals surface area contributed by atoms with Crippen molar-refractivity contribution in [3.05, 3.63) is 35.4 Å². The van der Waals surface area contributed by atoms with Crippen molar-refractivity contribution in [1.29, 1.82) is 0 Å². The molecular formula is C12H19N3O. The minimum absolute atomic E-state index is 0.376. The maximum atomic E-state index is 11.1. The average molecular weight is 221 g/mol. The highest BCUT2D eigenvalue weighted by Crippen LogP contribution is 2.07. The lowest BCUT2D eigenvalue weighted by molar-refractivity contribution is 0.0999. The van der Waals surface area contributed by atoms with Crippen molar-refractivity contribution in [3.63, 3.8) is 0 Å². The summed E-state index contributed by atoms with van der Waals surface area (Å²) < 4.78 is 0. The summed E-state index contributed by atoms with van der Waals surface area (Å²) in [4.78, 5) is 11.1. The standard InChI is InChI=1S/C12H19N3O/c13-7-3-4-8-15-9-10-5-1-2-6-11(10)12(14)16/h1-2,5-6,15H,3-4,7-9,13H2,(H2,14,16).